The molecule has 1 aromatic heterocycles. The first-order valence-electron chi connectivity index (χ1n) is 7.62. The average Bonchev–Trinajstić information content (AvgIpc) is 2.66. The number of pyridine rings is 1. The number of carbonyl (C=O) groups excluding carboxylic acids is 2. The van der Waals surface area contributed by atoms with Gasteiger partial charge in [0.25, 0.3) is 11.8 Å². The maximum absolute atomic E-state index is 12.1. The first-order chi connectivity index (χ1) is 12.2. The van der Waals surface area contributed by atoms with E-state index in [1.54, 1.807) is 42.7 Å². The highest BCUT2D eigenvalue weighted by Gasteiger charge is 2.15. The van der Waals surface area contributed by atoms with Crippen LogP contribution in [0.3, 0.4) is 0 Å². The summed E-state index contributed by atoms with van der Waals surface area (Å²) in [6, 6.07) is 8.42. The van der Waals surface area contributed by atoms with E-state index in [0.717, 1.165) is 5.56 Å². The number of aromatic nitrogens is 1. The molecule has 8 heteroatoms. The third-order valence-corrected chi connectivity index (χ3v) is 3.30. The fourth-order valence-corrected chi connectivity index (χ4v) is 2.12. The average molecular weight is 340 g/mol. The third-order valence-electron chi connectivity index (χ3n) is 3.30. The van der Waals surface area contributed by atoms with E-state index in [-0.39, 0.29) is 12.5 Å². The molecule has 1 aliphatic rings. The number of hydrogen-bond donors (Lipinski definition) is 2. The minimum atomic E-state index is -0.439. The Balaban J connectivity index is 1.48. The third kappa shape index (κ3) is 4.54. The van der Waals surface area contributed by atoms with Crippen molar-refractivity contribution in [2.24, 2.45) is 5.10 Å². The monoisotopic (exact) mass is 340 g/mol. The predicted octanol–water partition coefficient (Wildman–Crippen LogP) is 0.733. The van der Waals surface area contributed by atoms with Crippen LogP contribution in [0.4, 0.5) is 0 Å². The molecule has 3 rings (SSSR count). The predicted molar refractivity (Wildman–Crippen MR) is 89.7 cm³/mol. The van der Waals surface area contributed by atoms with Gasteiger partial charge in [0.2, 0.25) is 0 Å². The molecule has 0 bridgehead atoms. The zero-order valence-corrected chi connectivity index (χ0v) is 13.3. The lowest BCUT2D eigenvalue weighted by atomic mass is 10.2. The molecule has 0 atom stereocenters. The molecule has 0 spiro atoms. The number of carbonyl (C=O) groups is 2. The van der Waals surface area contributed by atoms with Gasteiger partial charge in [-0.3, -0.25) is 14.6 Å². The standard InChI is InChI=1S/C17H16N4O4/c22-16(21-20-10-12-2-1-5-18-9-12)11-19-17(23)13-3-4-14-15(8-13)25-7-6-24-14/h1-5,8-10H,6-7,11H2,(H,19,23)(H,21,22). The number of nitrogens with one attached hydrogen (secondary N) is 2. The molecular formula is C17H16N4O4. The Labute approximate surface area is 143 Å². The number of fused-ring (bicyclic) bond motifs is 1. The Bertz CT molecular complexity index is 792. The highest BCUT2D eigenvalue weighted by atomic mass is 16.6. The Hall–Kier alpha value is -3.42. The largest absolute Gasteiger partial charge is 0.486 e. The second-order valence-electron chi connectivity index (χ2n) is 5.12. The van der Waals surface area contributed by atoms with E-state index in [1.165, 1.54) is 6.21 Å². The maximum atomic E-state index is 12.1. The van der Waals surface area contributed by atoms with E-state index < -0.39 is 5.91 Å². The van der Waals surface area contributed by atoms with Gasteiger partial charge in [-0.05, 0) is 24.3 Å². The van der Waals surface area contributed by atoms with Gasteiger partial charge >= 0.3 is 0 Å². The van der Waals surface area contributed by atoms with Gasteiger partial charge in [0.05, 0.1) is 12.8 Å². The van der Waals surface area contributed by atoms with E-state index in [9.17, 15) is 9.59 Å². The lowest BCUT2D eigenvalue weighted by molar-refractivity contribution is -0.120. The second-order valence-corrected chi connectivity index (χ2v) is 5.12. The zero-order chi connectivity index (χ0) is 17.5. The van der Waals surface area contributed by atoms with Crippen LogP contribution in [0, 0.1) is 0 Å². The van der Waals surface area contributed by atoms with Gasteiger partial charge in [0.1, 0.15) is 13.2 Å². The van der Waals surface area contributed by atoms with Crippen LogP contribution in [0.25, 0.3) is 0 Å². The van der Waals surface area contributed by atoms with Gasteiger partial charge in [-0.15, -0.1) is 0 Å². The number of hydrazone groups is 1. The lowest BCUT2D eigenvalue weighted by Crippen LogP contribution is -2.35. The van der Waals surface area contributed by atoms with Crippen LogP contribution in [-0.2, 0) is 4.79 Å². The molecule has 0 aliphatic carbocycles. The maximum Gasteiger partial charge on any atom is 0.259 e. The summed E-state index contributed by atoms with van der Waals surface area (Å²) in [5.41, 5.74) is 3.47. The van der Waals surface area contributed by atoms with Crippen LogP contribution in [0.1, 0.15) is 15.9 Å². The molecule has 0 saturated carbocycles. The topological polar surface area (TPSA) is 102 Å². The molecule has 128 valence electrons. The van der Waals surface area contributed by atoms with Crippen molar-refractivity contribution < 1.29 is 19.1 Å². The Morgan fingerprint density at radius 2 is 2.04 bits per heavy atom. The van der Waals surface area contributed by atoms with Crippen molar-refractivity contribution in [3.05, 3.63) is 53.9 Å². The summed E-state index contributed by atoms with van der Waals surface area (Å²) < 4.78 is 10.8. The number of rotatable bonds is 5. The van der Waals surface area contributed by atoms with Gasteiger partial charge < -0.3 is 14.8 Å². The van der Waals surface area contributed by atoms with Crippen LogP contribution in [0.15, 0.2) is 47.8 Å². The fraction of sp³-hybridized carbons (Fsp3) is 0.176. The summed E-state index contributed by atoms with van der Waals surface area (Å²) in [5.74, 6) is 0.295. The summed E-state index contributed by atoms with van der Waals surface area (Å²) in [7, 11) is 0. The number of benzene rings is 1. The molecule has 25 heavy (non-hydrogen) atoms. The molecular weight excluding hydrogens is 324 g/mol. The zero-order valence-electron chi connectivity index (χ0n) is 13.3. The van der Waals surface area contributed by atoms with Crippen molar-refractivity contribution in [3.8, 4) is 11.5 Å². The molecule has 1 aliphatic heterocycles. The molecule has 2 aromatic rings. The van der Waals surface area contributed by atoms with Crippen molar-refractivity contribution in [2.75, 3.05) is 19.8 Å². The lowest BCUT2D eigenvalue weighted by Gasteiger charge is -2.18. The van der Waals surface area contributed by atoms with Crippen LogP contribution < -0.4 is 20.2 Å². The number of nitrogens with zero attached hydrogens (tertiary/aromatic N) is 2. The Kier molecular flexibility index (Phi) is 5.20. The number of hydrogen-bond acceptors (Lipinski definition) is 6. The van der Waals surface area contributed by atoms with Gasteiger partial charge in [-0.25, -0.2) is 5.43 Å². The molecule has 8 nitrogen and oxygen atoms in total. The highest BCUT2D eigenvalue weighted by Crippen LogP contribution is 2.30. The summed E-state index contributed by atoms with van der Waals surface area (Å²) in [6.07, 6.45) is 4.72. The van der Waals surface area contributed by atoms with Crippen LogP contribution >= 0.6 is 0 Å². The van der Waals surface area contributed by atoms with Crippen molar-refractivity contribution in [2.45, 2.75) is 0 Å². The Morgan fingerprint density at radius 1 is 1.20 bits per heavy atom. The summed E-state index contributed by atoms with van der Waals surface area (Å²) in [4.78, 5) is 27.7. The number of ether oxygens (including phenoxy) is 2. The second kappa shape index (κ2) is 7.91. The summed E-state index contributed by atoms with van der Waals surface area (Å²) >= 11 is 0. The van der Waals surface area contributed by atoms with E-state index in [1.807, 2.05) is 0 Å². The quantitative estimate of drug-likeness (QED) is 0.617. The molecule has 2 amide bonds. The number of amides is 2. The normalized spacial score (nSPS) is 12.6. The minimum Gasteiger partial charge on any atom is -0.486 e. The fourth-order valence-electron chi connectivity index (χ4n) is 2.12. The van der Waals surface area contributed by atoms with Gasteiger partial charge in [0, 0.05) is 23.5 Å². The van der Waals surface area contributed by atoms with E-state index in [0.29, 0.717) is 30.3 Å². The molecule has 2 heterocycles. The molecule has 0 radical (unpaired) electrons. The van der Waals surface area contributed by atoms with Crippen LogP contribution in [-0.4, -0.2) is 42.8 Å². The van der Waals surface area contributed by atoms with Crippen LogP contribution in [0.5, 0.6) is 11.5 Å². The first kappa shape index (κ1) is 16.4. The van der Waals surface area contributed by atoms with E-state index in [4.69, 9.17) is 9.47 Å². The summed E-state index contributed by atoms with van der Waals surface area (Å²) in [6.45, 7) is 0.728. The summed E-state index contributed by atoms with van der Waals surface area (Å²) in [5, 5.41) is 6.32. The minimum absolute atomic E-state index is 0.197. The van der Waals surface area contributed by atoms with Crippen molar-refractivity contribution in [3.63, 3.8) is 0 Å². The van der Waals surface area contributed by atoms with Crippen molar-refractivity contribution in [1.29, 1.82) is 0 Å². The Morgan fingerprint density at radius 3 is 2.84 bits per heavy atom. The van der Waals surface area contributed by atoms with Gasteiger partial charge in [-0.1, -0.05) is 6.07 Å². The molecule has 0 saturated heterocycles. The van der Waals surface area contributed by atoms with Gasteiger partial charge in [-0.2, -0.15) is 5.10 Å². The van der Waals surface area contributed by atoms with Crippen molar-refractivity contribution >= 4 is 18.0 Å². The molecule has 2 N–H and O–H groups in total. The first-order valence-corrected chi connectivity index (χ1v) is 7.62. The van der Waals surface area contributed by atoms with E-state index in [2.05, 4.69) is 20.8 Å². The van der Waals surface area contributed by atoms with Crippen molar-refractivity contribution in [1.82, 2.24) is 15.7 Å². The highest BCUT2D eigenvalue weighted by molar-refractivity contribution is 5.97. The van der Waals surface area contributed by atoms with Crippen LogP contribution in [0.2, 0.25) is 0 Å². The van der Waals surface area contributed by atoms with E-state index >= 15 is 0 Å². The smallest absolute Gasteiger partial charge is 0.259 e. The SMILES string of the molecule is O=C(CNC(=O)c1ccc2c(c1)OCCO2)NN=Cc1cccnc1. The molecule has 0 unspecified atom stereocenters. The molecule has 0 fully saturated rings. The van der Waals surface area contributed by atoms with Gasteiger partial charge in [0.15, 0.2) is 11.5 Å². The molecule has 1 aromatic carbocycles.